The maximum atomic E-state index is 5.37. The predicted octanol–water partition coefficient (Wildman–Crippen LogP) is 3.42. The van der Waals surface area contributed by atoms with E-state index in [9.17, 15) is 0 Å². The maximum absolute atomic E-state index is 5.37. The zero-order chi connectivity index (χ0) is 12.1. The summed E-state index contributed by atoms with van der Waals surface area (Å²) in [5.74, 6) is 0. The van der Waals surface area contributed by atoms with Crippen molar-refractivity contribution in [3.05, 3.63) is 40.6 Å². The molecule has 0 radical (unpaired) electrons. The standard InChI is InChI=1S/C13H15BrN2O/c1-2-17-9-8-11-12(13(14)16-15-11)10-6-4-3-5-7-10/h3-7H,2,8-9H2,1H3,(H,15,16). The lowest BCUT2D eigenvalue weighted by Crippen LogP contribution is -1.99. The fraction of sp³-hybridized carbons (Fsp3) is 0.308. The van der Waals surface area contributed by atoms with Gasteiger partial charge < -0.3 is 4.74 Å². The van der Waals surface area contributed by atoms with E-state index in [0.29, 0.717) is 6.61 Å². The van der Waals surface area contributed by atoms with Crippen LogP contribution in [-0.2, 0) is 11.2 Å². The molecule has 17 heavy (non-hydrogen) atoms. The third-order valence-corrected chi connectivity index (χ3v) is 3.13. The molecule has 0 aliphatic carbocycles. The van der Waals surface area contributed by atoms with Crippen LogP contribution in [-0.4, -0.2) is 23.4 Å². The van der Waals surface area contributed by atoms with E-state index in [1.165, 1.54) is 5.56 Å². The number of nitrogens with one attached hydrogen (secondary N) is 1. The molecule has 3 nitrogen and oxygen atoms in total. The third-order valence-electron chi connectivity index (χ3n) is 2.56. The summed E-state index contributed by atoms with van der Waals surface area (Å²) in [6.07, 6.45) is 0.844. The number of aromatic amines is 1. The molecule has 0 unspecified atom stereocenters. The van der Waals surface area contributed by atoms with Gasteiger partial charge in [0, 0.05) is 24.3 Å². The highest BCUT2D eigenvalue weighted by molar-refractivity contribution is 9.10. The van der Waals surface area contributed by atoms with E-state index in [1.807, 2.05) is 25.1 Å². The Kier molecular flexibility index (Phi) is 4.34. The minimum absolute atomic E-state index is 0.713. The van der Waals surface area contributed by atoms with Gasteiger partial charge in [-0.3, -0.25) is 5.10 Å². The van der Waals surface area contributed by atoms with Crippen molar-refractivity contribution in [3.63, 3.8) is 0 Å². The Morgan fingerprint density at radius 1 is 1.29 bits per heavy atom. The zero-order valence-electron chi connectivity index (χ0n) is 9.74. The van der Waals surface area contributed by atoms with Crippen molar-refractivity contribution in [2.75, 3.05) is 13.2 Å². The summed E-state index contributed by atoms with van der Waals surface area (Å²) in [6.45, 7) is 3.46. The molecule has 90 valence electrons. The van der Waals surface area contributed by atoms with Crippen LogP contribution >= 0.6 is 15.9 Å². The van der Waals surface area contributed by atoms with Crippen molar-refractivity contribution in [2.45, 2.75) is 13.3 Å². The number of benzene rings is 1. The Morgan fingerprint density at radius 3 is 2.76 bits per heavy atom. The molecule has 1 N–H and O–H groups in total. The maximum Gasteiger partial charge on any atom is 0.136 e. The third kappa shape index (κ3) is 2.96. The van der Waals surface area contributed by atoms with Gasteiger partial charge in [-0.15, -0.1) is 0 Å². The molecular weight excluding hydrogens is 280 g/mol. The number of rotatable bonds is 5. The SMILES string of the molecule is CCOCCc1[nH]nc(Br)c1-c1ccccc1. The second kappa shape index (κ2) is 5.98. The fourth-order valence-corrected chi connectivity index (χ4v) is 2.31. The van der Waals surface area contributed by atoms with E-state index in [-0.39, 0.29) is 0 Å². The largest absolute Gasteiger partial charge is 0.381 e. The van der Waals surface area contributed by atoms with Crippen molar-refractivity contribution >= 4 is 15.9 Å². The zero-order valence-corrected chi connectivity index (χ0v) is 11.3. The molecule has 2 aromatic rings. The van der Waals surface area contributed by atoms with Crippen LogP contribution in [0.1, 0.15) is 12.6 Å². The number of halogens is 1. The van der Waals surface area contributed by atoms with Crippen LogP contribution in [0.15, 0.2) is 34.9 Å². The van der Waals surface area contributed by atoms with Gasteiger partial charge in [-0.1, -0.05) is 30.3 Å². The van der Waals surface area contributed by atoms with Gasteiger partial charge in [0.2, 0.25) is 0 Å². The molecule has 2 rings (SSSR count). The molecule has 0 saturated carbocycles. The Morgan fingerprint density at radius 2 is 2.06 bits per heavy atom. The average Bonchev–Trinajstić information content (AvgIpc) is 2.72. The fourth-order valence-electron chi connectivity index (χ4n) is 1.75. The van der Waals surface area contributed by atoms with Gasteiger partial charge in [-0.2, -0.15) is 5.10 Å². The lowest BCUT2D eigenvalue weighted by Gasteiger charge is -2.04. The van der Waals surface area contributed by atoms with Gasteiger partial charge in [0.05, 0.1) is 6.61 Å². The molecule has 0 atom stereocenters. The molecule has 0 amide bonds. The average molecular weight is 295 g/mol. The number of hydrogen-bond donors (Lipinski definition) is 1. The van der Waals surface area contributed by atoms with E-state index < -0.39 is 0 Å². The molecule has 0 spiro atoms. The van der Waals surface area contributed by atoms with Crippen molar-refractivity contribution in [2.24, 2.45) is 0 Å². The highest BCUT2D eigenvalue weighted by atomic mass is 79.9. The first-order valence-corrected chi connectivity index (χ1v) is 6.48. The topological polar surface area (TPSA) is 37.9 Å². The lowest BCUT2D eigenvalue weighted by molar-refractivity contribution is 0.150. The minimum Gasteiger partial charge on any atom is -0.381 e. The highest BCUT2D eigenvalue weighted by Gasteiger charge is 2.12. The molecule has 1 heterocycles. The van der Waals surface area contributed by atoms with Gasteiger partial charge in [0.25, 0.3) is 0 Å². The normalized spacial score (nSPS) is 10.7. The van der Waals surface area contributed by atoms with E-state index in [4.69, 9.17) is 4.74 Å². The summed E-state index contributed by atoms with van der Waals surface area (Å²) >= 11 is 3.48. The second-order valence-electron chi connectivity index (χ2n) is 3.68. The Balaban J connectivity index is 2.24. The summed E-state index contributed by atoms with van der Waals surface area (Å²) in [7, 11) is 0. The van der Waals surface area contributed by atoms with E-state index in [2.05, 4.69) is 38.3 Å². The van der Waals surface area contributed by atoms with Gasteiger partial charge in [0.15, 0.2) is 0 Å². The summed E-state index contributed by atoms with van der Waals surface area (Å²) in [5, 5.41) is 7.26. The van der Waals surface area contributed by atoms with Crippen molar-refractivity contribution in [3.8, 4) is 11.1 Å². The van der Waals surface area contributed by atoms with E-state index in [0.717, 1.165) is 28.9 Å². The van der Waals surface area contributed by atoms with Crippen LogP contribution in [0, 0.1) is 0 Å². The first kappa shape index (κ1) is 12.3. The predicted molar refractivity (Wildman–Crippen MR) is 71.9 cm³/mol. The lowest BCUT2D eigenvalue weighted by atomic mass is 10.1. The molecule has 1 aromatic carbocycles. The smallest absolute Gasteiger partial charge is 0.136 e. The quantitative estimate of drug-likeness (QED) is 0.858. The Hall–Kier alpha value is -1.13. The molecule has 0 fully saturated rings. The molecule has 1 aromatic heterocycles. The van der Waals surface area contributed by atoms with Crippen LogP contribution in [0.3, 0.4) is 0 Å². The van der Waals surface area contributed by atoms with Gasteiger partial charge in [0.1, 0.15) is 4.60 Å². The summed E-state index contributed by atoms with van der Waals surface area (Å²) in [6, 6.07) is 10.2. The van der Waals surface area contributed by atoms with Gasteiger partial charge in [-0.25, -0.2) is 0 Å². The first-order chi connectivity index (χ1) is 8.33. The van der Waals surface area contributed by atoms with Gasteiger partial charge in [-0.05, 0) is 28.4 Å². The van der Waals surface area contributed by atoms with Crippen molar-refractivity contribution in [1.82, 2.24) is 10.2 Å². The van der Waals surface area contributed by atoms with Crippen LogP contribution in [0.4, 0.5) is 0 Å². The highest BCUT2D eigenvalue weighted by Crippen LogP contribution is 2.29. The molecule has 0 aliphatic rings. The van der Waals surface area contributed by atoms with E-state index >= 15 is 0 Å². The van der Waals surface area contributed by atoms with Crippen LogP contribution in [0.25, 0.3) is 11.1 Å². The summed E-state index contributed by atoms with van der Waals surface area (Å²) in [4.78, 5) is 0. The first-order valence-electron chi connectivity index (χ1n) is 5.68. The van der Waals surface area contributed by atoms with Crippen molar-refractivity contribution < 1.29 is 4.74 Å². The Labute approximate surface area is 109 Å². The number of H-pyrrole nitrogens is 1. The minimum atomic E-state index is 0.713. The monoisotopic (exact) mass is 294 g/mol. The summed E-state index contributed by atoms with van der Waals surface area (Å²) < 4.78 is 6.23. The summed E-state index contributed by atoms with van der Waals surface area (Å²) in [5.41, 5.74) is 3.40. The Bertz CT molecular complexity index is 468. The molecule has 4 heteroatoms. The molecular formula is C13H15BrN2O. The van der Waals surface area contributed by atoms with E-state index in [1.54, 1.807) is 0 Å². The number of hydrogen-bond acceptors (Lipinski definition) is 2. The second-order valence-corrected chi connectivity index (χ2v) is 4.43. The van der Waals surface area contributed by atoms with Gasteiger partial charge >= 0.3 is 0 Å². The van der Waals surface area contributed by atoms with Crippen LogP contribution < -0.4 is 0 Å². The number of ether oxygens (including phenoxy) is 1. The van der Waals surface area contributed by atoms with Crippen LogP contribution in [0.2, 0.25) is 0 Å². The molecule has 0 saturated heterocycles. The van der Waals surface area contributed by atoms with Crippen LogP contribution in [0.5, 0.6) is 0 Å². The molecule has 0 bridgehead atoms. The number of aromatic nitrogens is 2. The van der Waals surface area contributed by atoms with Crippen molar-refractivity contribution in [1.29, 1.82) is 0 Å². The molecule has 0 aliphatic heterocycles. The number of nitrogens with zero attached hydrogens (tertiary/aromatic N) is 1.